The van der Waals surface area contributed by atoms with Crippen molar-refractivity contribution in [3.63, 3.8) is 0 Å². The fraction of sp³-hybridized carbons (Fsp3) is 0.400. The SMILES string of the molecule is CC(C)C(NC(=O)c1cc(=O)[nH]c(=O)[nH]1)C(=O)O. The molecule has 1 amide bonds. The monoisotopic (exact) mass is 255 g/mol. The first-order valence-electron chi connectivity index (χ1n) is 5.18. The zero-order valence-electron chi connectivity index (χ0n) is 9.81. The Hall–Kier alpha value is -2.38. The van der Waals surface area contributed by atoms with Crippen molar-refractivity contribution in [2.75, 3.05) is 0 Å². The highest BCUT2D eigenvalue weighted by Gasteiger charge is 2.24. The van der Waals surface area contributed by atoms with E-state index in [2.05, 4.69) is 10.3 Å². The van der Waals surface area contributed by atoms with Crippen LogP contribution < -0.4 is 16.6 Å². The van der Waals surface area contributed by atoms with Crippen molar-refractivity contribution in [3.8, 4) is 0 Å². The number of carbonyl (C=O) groups is 2. The summed E-state index contributed by atoms with van der Waals surface area (Å²) >= 11 is 0. The normalized spacial score (nSPS) is 12.2. The molecule has 0 spiro atoms. The van der Waals surface area contributed by atoms with E-state index >= 15 is 0 Å². The van der Waals surface area contributed by atoms with Gasteiger partial charge in [0.1, 0.15) is 11.7 Å². The Morgan fingerprint density at radius 2 is 1.89 bits per heavy atom. The van der Waals surface area contributed by atoms with Crippen molar-refractivity contribution in [2.45, 2.75) is 19.9 Å². The van der Waals surface area contributed by atoms with Crippen LogP contribution in [-0.2, 0) is 4.79 Å². The van der Waals surface area contributed by atoms with E-state index in [9.17, 15) is 19.2 Å². The number of aliphatic carboxylic acids is 1. The second-order valence-electron chi connectivity index (χ2n) is 4.03. The van der Waals surface area contributed by atoms with Crippen LogP contribution in [0.4, 0.5) is 0 Å². The molecule has 0 saturated carbocycles. The van der Waals surface area contributed by atoms with Gasteiger partial charge in [-0.25, -0.2) is 9.59 Å². The van der Waals surface area contributed by atoms with E-state index in [-0.39, 0.29) is 11.6 Å². The molecule has 18 heavy (non-hydrogen) atoms. The predicted molar refractivity (Wildman–Crippen MR) is 61.4 cm³/mol. The van der Waals surface area contributed by atoms with Gasteiger partial charge in [0.25, 0.3) is 11.5 Å². The summed E-state index contributed by atoms with van der Waals surface area (Å²) in [5.74, 6) is -2.34. The van der Waals surface area contributed by atoms with Crippen molar-refractivity contribution < 1.29 is 14.7 Å². The highest BCUT2D eigenvalue weighted by molar-refractivity contribution is 5.94. The summed E-state index contributed by atoms with van der Waals surface area (Å²) in [7, 11) is 0. The number of carboxylic acid groups (broad SMARTS) is 1. The van der Waals surface area contributed by atoms with Gasteiger partial charge in [0.05, 0.1) is 0 Å². The van der Waals surface area contributed by atoms with E-state index < -0.39 is 29.2 Å². The van der Waals surface area contributed by atoms with Gasteiger partial charge in [-0.2, -0.15) is 0 Å². The summed E-state index contributed by atoms with van der Waals surface area (Å²) in [5.41, 5.74) is -1.85. The standard InChI is InChI=1S/C10H13N3O5/c1-4(2)7(9(16)17)13-8(15)5-3-6(14)12-10(18)11-5/h3-4,7H,1-2H3,(H,13,15)(H,16,17)(H2,11,12,14,18). The molecule has 0 aliphatic carbocycles. The Kier molecular flexibility index (Phi) is 4.03. The van der Waals surface area contributed by atoms with Gasteiger partial charge in [-0.1, -0.05) is 13.8 Å². The number of nitrogens with one attached hydrogen (secondary N) is 3. The van der Waals surface area contributed by atoms with Crippen LogP contribution in [0.25, 0.3) is 0 Å². The van der Waals surface area contributed by atoms with E-state index in [4.69, 9.17) is 5.11 Å². The Morgan fingerprint density at radius 1 is 1.28 bits per heavy atom. The fourth-order valence-corrected chi connectivity index (χ4v) is 1.32. The van der Waals surface area contributed by atoms with Gasteiger partial charge in [-0.05, 0) is 5.92 Å². The van der Waals surface area contributed by atoms with Crippen LogP contribution in [0.1, 0.15) is 24.3 Å². The third-order valence-corrected chi connectivity index (χ3v) is 2.22. The van der Waals surface area contributed by atoms with Crippen molar-refractivity contribution in [1.82, 2.24) is 15.3 Å². The highest BCUT2D eigenvalue weighted by Crippen LogP contribution is 2.02. The average molecular weight is 255 g/mol. The lowest BCUT2D eigenvalue weighted by molar-refractivity contribution is -0.140. The maximum absolute atomic E-state index is 11.7. The molecule has 1 aromatic rings. The number of H-pyrrole nitrogens is 2. The van der Waals surface area contributed by atoms with E-state index in [1.165, 1.54) is 0 Å². The molecule has 1 rings (SSSR count). The summed E-state index contributed by atoms with van der Waals surface area (Å²) in [6, 6.07) is -0.212. The molecule has 8 heteroatoms. The van der Waals surface area contributed by atoms with Gasteiger partial charge in [-0.15, -0.1) is 0 Å². The Morgan fingerprint density at radius 3 is 2.33 bits per heavy atom. The molecular formula is C10H13N3O5. The van der Waals surface area contributed by atoms with E-state index in [1.807, 2.05) is 4.98 Å². The van der Waals surface area contributed by atoms with E-state index in [1.54, 1.807) is 13.8 Å². The number of aromatic amines is 2. The molecule has 0 fully saturated rings. The molecule has 1 atom stereocenters. The number of amides is 1. The molecule has 1 aromatic heterocycles. The second kappa shape index (κ2) is 5.30. The molecule has 1 heterocycles. The summed E-state index contributed by atoms with van der Waals surface area (Å²) in [6.45, 7) is 3.25. The largest absolute Gasteiger partial charge is 0.480 e. The third-order valence-electron chi connectivity index (χ3n) is 2.22. The zero-order valence-corrected chi connectivity index (χ0v) is 9.81. The number of hydrogen-bond donors (Lipinski definition) is 4. The molecule has 0 aliphatic rings. The van der Waals surface area contributed by atoms with Crippen molar-refractivity contribution in [2.24, 2.45) is 5.92 Å². The second-order valence-corrected chi connectivity index (χ2v) is 4.03. The first-order valence-corrected chi connectivity index (χ1v) is 5.18. The molecule has 8 nitrogen and oxygen atoms in total. The number of rotatable bonds is 4. The van der Waals surface area contributed by atoms with E-state index in [0.29, 0.717) is 0 Å². The van der Waals surface area contributed by atoms with Gasteiger partial charge in [0.2, 0.25) is 0 Å². The first-order chi connectivity index (χ1) is 8.31. The first kappa shape index (κ1) is 13.7. The smallest absolute Gasteiger partial charge is 0.326 e. The molecule has 0 aromatic carbocycles. The molecule has 0 aliphatic heterocycles. The number of carbonyl (C=O) groups excluding carboxylic acids is 1. The highest BCUT2D eigenvalue weighted by atomic mass is 16.4. The third kappa shape index (κ3) is 3.30. The molecule has 4 N–H and O–H groups in total. The van der Waals surface area contributed by atoms with Crippen LogP contribution >= 0.6 is 0 Å². The van der Waals surface area contributed by atoms with Crippen molar-refractivity contribution in [1.29, 1.82) is 0 Å². The summed E-state index contributed by atoms with van der Waals surface area (Å²) in [5, 5.41) is 11.1. The van der Waals surface area contributed by atoms with Gasteiger partial charge in [0, 0.05) is 6.07 Å². The minimum Gasteiger partial charge on any atom is -0.480 e. The summed E-state index contributed by atoms with van der Waals surface area (Å²) in [6.07, 6.45) is 0. The Balaban J connectivity index is 2.97. The lowest BCUT2D eigenvalue weighted by Crippen LogP contribution is -2.45. The van der Waals surface area contributed by atoms with Gasteiger partial charge >= 0.3 is 11.7 Å². The zero-order chi connectivity index (χ0) is 13.9. The minimum absolute atomic E-state index is 0.282. The van der Waals surface area contributed by atoms with Crippen LogP contribution in [0.2, 0.25) is 0 Å². The average Bonchev–Trinajstić information content (AvgIpc) is 2.23. The molecule has 0 saturated heterocycles. The topological polar surface area (TPSA) is 132 Å². The maximum atomic E-state index is 11.7. The number of aromatic nitrogens is 2. The van der Waals surface area contributed by atoms with E-state index in [0.717, 1.165) is 6.07 Å². The molecule has 0 radical (unpaired) electrons. The van der Waals surface area contributed by atoms with Gasteiger partial charge in [-0.3, -0.25) is 14.6 Å². The van der Waals surface area contributed by atoms with Crippen molar-refractivity contribution in [3.05, 3.63) is 32.6 Å². The predicted octanol–water partition coefficient (Wildman–Crippen LogP) is -1.10. The number of carboxylic acids is 1. The van der Waals surface area contributed by atoms with Crippen LogP contribution in [0.15, 0.2) is 15.7 Å². The number of hydrogen-bond acceptors (Lipinski definition) is 4. The molecule has 1 unspecified atom stereocenters. The lowest BCUT2D eigenvalue weighted by atomic mass is 10.0. The maximum Gasteiger partial charge on any atom is 0.326 e. The molecule has 98 valence electrons. The van der Waals surface area contributed by atoms with Gasteiger partial charge in [0.15, 0.2) is 0 Å². The van der Waals surface area contributed by atoms with Crippen molar-refractivity contribution >= 4 is 11.9 Å². The van der Waals surface area contributed by atoms with Crippen LogP contribution in [0.3, 0.4) is 0 Å². The van der Waals surface area contributed by atoms with Crippen LogP contribution in [-0.4, -0.2) is 33.0 Å². The summed E-state index contributed by atoms with van der Waals surface area (Å²) in [4.78, 5) is 48.5. The van der Waals surface area contributed by atoms with Gasteiger partial charge < -0.3 is 15.4 Å². The molecule has 0 bridgehead atoms. The van der Waals surface area contributed by atoms with Crippen LogP contribution in [0, 0.1) is 5.92 Å². The quantitative estimate of drug-likeness (QED) is 0.542. The minimum atomic E-state index is -1.19. The fourth-order valence-electron chi connectivity index (χ4n) is 1.32. The Bertz CT molecular complexity index is 543. The Labute approximate surface area is 101 Å². The van der Waals surface area contributed by atoms with Crippen LogP contribution in [0.5, 0.6) is 0 Å². The lowest BCUT2D eigenvalue weighted by Gasteiger charge is -2.17. The molecular weight excluding hydrogens is 242 g/mol. The summed E-state index contributed by atoms with van der Waals surface area (Å²) < 4.78 is 0.